The van der Waals surface area contributed by atoms with Gasteiger partial charge in [-0.15, -0.1) is 0 Å². The maximum Gasteiger partial charge on any atom is 0.137 e. The smallest absolute Gasteiger partial charge is 0.137 e. The van der Waals surface area contributed by atoms with Crippen molar-refractivity contribution < 1.29 is 7.48 Å². The van der Waals surface area contributed by atoms with E-state index in [4.69, 9.17) is 9.72 Å². The summed E-state index contributed by atoms with van der Waals surface area (Å²) in [5.41, 5.74) is 10.9. The lowest BCUT2D eigenvalue weighted by Gasteiger charge is -2.33. The van der Waals surface area contributed by atoms with E-state index in [0.29, 0.717) is 11.5 Å². The van der Waals surface area contributed by atoms with Gasteiger partial charge < -0.3 is 14.5 Å². The van der Waals surface area contributed by atoms with Gasteiger partial charge in [-0.3, -0.25) is 4.57 Å². The van der Waals surface area contributed by atoms with Gasteiger partial charge in [-0.1, -0.05) is 164 Å². The number of fused-ring (bicyclic) bond motifs is 3. The van der Waals surface area contributed by atoms with Gasteiger partial charge in [0.2, 0.25) is 0 Å². The van der Waals surface area contributed by atoms with Crippen molar-refractivity contribution in [3.63, 3.8) is 0 Å². The number of para-hydroxylation sites is 1. The second kappa shape index (κ2) is 16.3. The predicted molar refractivity (Wildman–Crippen MR) is 272 cm³/mol. The fraction of sp³-hybridized carbons (Fsp3) is 0.183. The molecule has 1 aliphatic heterocycles. The van der Waals surface area contributed by atoms with Crippen molar-refractivity contribution in [3.8, 4) is 28.4 Å². The molecule has 5 nitrogen and oxygen atoms in total. The van der Waals surface area contributed by atoms with Gasteiger partial charge in [0.1, 0.15) is 17.3 Å². The zero-order valence-corrected chi connectivity index (χ0v) is 38.3. The number of anilines is 2. The molecule has 0 aliphatic carbocycles. The summed E-state index contributed by atoms with van der Waals surface area (Å²) < 4.78 is 28.2. The standard InChI is InChI=1S/C60H56N4O/c1-58(2,3)46-29-30-61-57(38-46)64-55-26-18-17-25-53(55)54-28-27-51(40-56(54)64)65-52-34-43(42-19-11-8-12-20-42)33-49(39-52)62-31-32-63(41-62)50-36-47(59(4,5)44-21-13-9-14-22-44)35-48(37-50)60(6,7)45-23-15-10-16-24-45/h8-40H,41H2,1-7H3/i31D,32D. The molecule has 0 spiro atoms. The van der Waals surface area contributed by atoms with Gasteiger partial charge in [0.05, 0.1) is 20.4 Å². The van der Waals surface area contributed by atoms with Crippen molar-refractivity contribution in [1.29, 1.82) is 0 Å². The van der Waals surface area contributed by atoms with Crippen LogP contribution >= 0.6 is 0 Å². The molecule has 7 aromatic carbocycles. The number of pyridine rings is 1. The molecule has 2 aromatic heterocycles. The third kappa shape index (κ3) is 7.97. The normalized spacial score (nSPS) is 14.0. The maximum atomic E-state index is 9.54. The molecular formula is C60H56N4O. The Morgan fingerprint density at radius 3 is 1.66 bits per heavy atom. The Balaban J connectivity index is 1.06. The number of hydrogen-bond acceptors (Lipinski definition) is 4. The highest BCUT2D eigenvalue weighted by molar-refractivity contribution is 6.09. The Morgan fingerprint density at radius 1 is 0.462 bits per heavy atom. The minimum absolute atomic E-state index is 0.0427. The zero-order chi connectivity index (χ0) is 46.7. The molecule has 10 rings (SSSR count). The molecule has 0 bridgehead atoms. The monoisotopic (exact) mass is 850 g/mol. The van der Waals surface area contributed by atoms with Crippen molar-refractivity contribution in [2.75, 3.05) is 16.5 Å². The largest absolute Gasteiger partial charge is 0.457 e. The van der Waals surface area contributed by atoms with Crippen molar-refractivity contribution >= 4 is 33.2 Å². The summed E-state index contributed by atoms with van der Waals surface area (Å²) in [6, 6.07) is 63.4. The van der Waals surface area contributed by atoms with Crippen LogP contribution < -0.4 is 14.5 Å². The van der Waals surface area contributed by atoms with E-state index in [-0.39, 0.29) is 35.3 Å². The van der Waals surface area contributed by atoms with E-state index in [9.17, 15) is 2.74 Å². The Labute approximate surface area is 386 Å². The van der Waals surface area contributed by atoms with Crippen LogP contribution in [0.15, 0.2) is 201 Å². The van der Waals surface area contributed by atoms with Crippen LogP contribution in [0, 0.1) is 0 Å². The first kappa shape index (κ1) is 39.2. The van der Waals surface area contributed by atoms with Gasteiger partial charge in [-0.25, -0.2) is 4.98 Å². The number of nitrogens with zero attached hydrogens (tertiary/aromatic N) is 4. The van der Waals surface area contributed by atoms with Crippen molar-refractivity contribution in [2.45, 2.75) is 64.7 Å². The average molecular weight is 851 g/mol. The van der Waals surface area contributed by atoms with Crippen molar-refractivity contribution in [3.05, 3.63) is 228 Å². The molecule has 0 saturated heterocycles. The Hall–Kier alpha value is -7.37. The first-order valence-electron chi connectivity index (χ1n) is 23.5. The molecule has 0 fully saturated rings. The fourth-order valence-corrected chi connectivity index (χ4v) is 9.16. The second-order valence-electron chi connectivity index (χ2n) is 19.3. The molecule has 5 heteroatoms. The second-order valence-corrected chi connectivity index (χ2v) is 19.3. The van der Waals surface area contributed by atoms with E-state index in [0.717, 1.165) is 61.3 Å². The lowest BCUT2D eigenvalue weighted by Crippen LogP contribution is -2.27. The molecule has 322 valence electrons. The molecule has 65 heavy (non-hydrogen) atoms. The number of hydrogen-bond donors (Lipinski definition) is 0. The number of aromatic nitrogens is 2. The quantitative estimate of drug-likeness (QED) is 0.137. The van der Waals surface area contributed by atoms with Gasteiger partial charge in [0.25, 0.3) is 0 Å². The summed E-state index contributed by atoms with van der Waals surface area (Å²) in [4.78, 5) is 8.76. The minimum Gasteiger partial charge on any atom is -0.457 e. The topological polar surface area (TPSA) is 33.5 Å². The van der Waals surface area contributed by atoms with Crippen LogP contribution in [0.2, 0.25) is 0 Å². The molecule has 0 N–H and O–H groups in total. The Bertz CT molecular complexity index is 3240. The average Bonchev–Trinajstić information content (AvgIpc) is 3.84. The predicted octanol–water partition coefficient (Wildman–Crippen LogP) is 15.3. The fourth-order valence-electron chi connectivity index (χ4n) is 9.16. The van der Waals surface area contributed by atoms with E-state index < -0.39 is 0 Å². The van der Waals surface area contributed by atoms with Crippen LogP contribution in [0.4, 0.5) is 11.4 Å². The van der Waals surface area contributed by atoms with Crippen molar-refractivity contribution in [1.82, 2.24) is 9.55 Å². The molecule has 9 aromatic rings. The summed E-state index contributed by atoms with van der Waals surface area (Å²) in [7, 11) is 0. The van der Waals surface area contributed by atoms with E-state index in [1.807, 2.05) is 46.3 Å². The molecule has 0 amide bonds. The zero-order valence-electron chi connectivity index (χ0n) is 40.3. The number of benzene rings is 7. The van der Waals surface area contributed by atoms with E-state index in [1.165, 1.54) is 16.7 Å². The summed E-state index contributed by atoms with van der Waals surface area (Å²) in [5.74, 6) is 2.16. The van der Waals surface area contributed by atoms with Crippen LogP contribution in [0.5, 0.6) is 11.5 Å². The third-order valence-electron chi connectivity index (χ3n) is 13.3. The van der Waals surface area contributed by atoms with E-state index >= 15 is 0 Å². The molecule has 0 unspecified atom stereocenters. The molecule has 0 atom stereocenters. The molecular weight excluding hydrogens is 793 g/mol. The lowest BCUT2D eigenvalue weighted by molar-refractivity contribution is 0.483. The minimum atomic E-state index is -0.339. The van der Waals surface area contributed by atoms with E-state index in [1.54, 1.807) is 0 Å². The molecule has 0 radical (unpaired) electrons. The first-order valence-corrected chi connectivity index (χ1v) is 22.5. The van der Waals surface area contributed by atoms with Gasteiger partial charge in [-0.2, -0.15) is 0 Å². The van der Waals surface area contributed by atoms with Crippen LogP contribution in [-0.2, 0) is 16.2 Å². The third-order valence-corrected chi connectivity index (χ3v) is 13.3. The number of rotatable bonds is 10. The molecule has 3 heterocycles. The highest BCUT2D eigenvalue weighted by atomic mass is 16.5. The Morgan fingerprint density at radius 2 is 1.03 bits per heavy atom. The van der Waals surface area contributed by atoms with Gasteiger partial charge >= 0.3 is 0 Å². The summed E-state index contributed by atoms with van der Waals surface area (Å²) in [6.07, 6.45) is 2.15. The Kier molecular flexibility index (Phi) is 9.85. The summed E-state index contributed by atoms with van der Waals surface area (Å²) >= 11 is 0. The van der Waals surface area contributed by atoms with Crippen LogP contribution in [0.1, 0.15) is 79.0 Å². The molecule has 1 aliphatic rings. The maximum absolute atomic E-state index is 9.54. The SMILES string of the molecule is [2H]C1=C([2H])N(c2cc(C(C)(C)c3ccccc3)cc(C(C)(C)c3ccccc3)c2)CN1c1cc(Oc2ccc3c4ccccc4n(-c4cc(C(C)(C)C)ccn4)c3c2)cc(-c2ccccc2)c1. The van der Waals surface area contributed by atoms with Gasteiger partial charge in [-0.05, 0) is 99.0 Å². The van der Waals surface area contributed by atoms with Crippen molar-refractivity contribution in [2.24, 2.45) is 0 Å². The van der Waals surface area contributed by atoms with Crippen LogP contribution in [0.3, 0.4) is 0 Å². The van der Waals surface area contributed by atoms with Gasteiger partial charge in [0, 0.05) is 63.7 Å². The highest BCUT2D eigenvalue weighted by Gasteiger charge is 2.30. The summed E-state index contributed by atoms with van der Waals surface area (Å²) in [6.45, 7) is 16.0. The first-order chi connectivity index (χ1) is 32.2. The lowest BCUT2D eigenvalue weighted by atomic mass is 9.73. The van der Waals surface area contributed by atoms with Gasteiger partial charge in [0.15, 0.2) is 0 Å². The summed E-state index contributed by atoms with van der Waals surface area (Å²) in [5, 5.41) is 2.25. The van der Waals surface area contributed by atoms with Crippen LogP contribution in [0.25, 0.3) is 38.8 Å². The number of ether oxygens (including phenoxy) is 1. The molecule has 0 saturated carbocycles. The van der Waals surface area contributed by atoms with E-state index in [2.05, 4.69) is 205 Å². The highest BCUT2D eigenvalue weighted by Crippen LogP contribution is 2.42. The van der Waals surface area contributed by atoms with Crippen LogP contribution in [-0.4, -0.2) is 16.2 Å².